The first-order chi connectivity index (χ1) is 9.21. The van der Waals surface area contributed by atoms with Crippen LogP contribution in [0.3, 0.4) is 0 Å². The molecule has 2 N–H and O–H groups in total. The summed E-state index contributed by atoms with van der Waals surface area (Å²) in [7, 11) is -4.25. The highest BCUT2D eigenvalue weighted by atomic mass is 35.5. The molecule has 1 heterocycles. The average molecular weight is 321 g/mol. The van der Waals surface area contributed by atoms with Gasteiger partial charge in [0, 0.05) is 12.6 Å². The van der Waals surface area contributed by atoms with Gasteiger partial charge in [0.1, 0.15) is 10.7 Å². The third-order valence-corrected chi connectivity index (χ3v) is 4.61. The number of benzene rings is 1. The highest BCUT2D eigenvalue weighted by Gasteiger charge is 2.29. The smallest absolute Gasteiger partial charge is 0.255 e. The standard InChI is InChI=1S/C12H14ClFN2O3S/c1-7-3-2-4-16(7)12(17)8-5-11(20(15,18)19)10(14)6-9(8)13/h5-7H,2-4H2,1H3,(H2,15,18,19). The highest BCUT2D eigenvalue weighted by Crippen LogP contribution is 2.27. The van der Waals surface area contributed by atoms with Gasteiger partial charge in [0.25, 0.3) is 5.91 Å². The molecule has 20 heavy (non-hydrogen) atoms. The Hall–Kier alpha value is -1.18. The molecule has 110 valence electrons. The Balaban J connectivity index is 2.49. The second-order valence-corrected chi connectivity index (χ2v) is 6.73. The summed E-state index contributed by atoms with van der Waals surface area (Å²) in [5.41, 5.74) is -0.0501. The van der Waals surface area contributed by atoms with Gasteiger partial charge < -0.3 is 4.90 Å². The number of nitrogens with zero attached hydrogens (tertiary/aromatic N) is 1. The Morgan fingerprint density at radius 1 is 1.50 bits per heavy atom. The summed E-state index contributed by atoms with van der Waals surface area (Å²) >= 11 is 5.85. The van der Waals surface area contributed by atoms with E-state index in [2.05, 4.69) is 0 Å². The van der Waals surface area contributed by atoms with E-state index in [-0.39, 0.29) is 16.6 Å². The molecule has 0 radical (unpaired) electrons. The number of nitrogens with two attached hydrogens (primary N) is 1. The number of likely N-dealkylation sites (tertiary alicyclic amines) is 1. The molecule has 1 aromatic rings. The van der Waals surface area contributed by atoms with Crippen molar-refractivity contribution in [1.82, 2.24) is 4.90 Å². The van der Waals surface area contributed by atoms with Crippen molar-refractivity contribution in [3.05, 3.63) is 28.5 Å². The van der Waals surface area contributed by atoms with E-state index in [1.807, 2.05) is 6.92 Å². The fourth-order valence-electron chi connectivity index (χ4n) is 2.30. The fraction of sp³-hybridized carbons (Fsp3) is 0.417. The molecular weight excluding hydrogens is 307 g/mol. The third kappa shape index (κ3) is 2.79. The van der Waals surface area contributed by atoms with Crippen molar-refractivity contribution < 1.29 is 17.6 Å². The van der Waals surface area contributed by atoms with Gasteiger partial charge in [0.2, 0.25) is 10.0 Å². The molecular formula is C12H14ClFN2O3S. The monoisotopic (exact) mass is 320 g/mol. The summed E-state index contributed by atoms with van der Waals surface area (Å²) in [5.74, 6) is -1.48. The molecule has 1 aliphatic heterocycles. The van der Waals surface area contributed by atoms with Crippen LogP contribution in [0.4, 0.5) is 4.39 Å². The molecule has 0 aliphatic carbocycles. The van der Waals surface area contributed by atoms with Crippen LogP contribution in [0.25, 0.3) is 0 Å². The minimum Gasteiger partial charge on any atom is -0.336 e. The van der Waals surface area contributed by atoms with Gasteiger partial charge in [-0.05, 0) is 31.9 Å². The summed E-state index contributed by atoms with van der Waals surface area (Å²) in [4.78, 5) is 13.2. The van der Waals surface area contributed by atoms with Crippen LogP contribution in [0.2, 0.25) is 5.02 Å². The molecule has 1 unspecified atom stereocenters. The summed E-state index contributed by atoms with van der Waals surface area (Å²) in [6.07, 6.45) is 1.74. The maximum Gasteiger partial charge on any atom is 0.255 e. The zero-order valence-corrected chi connectivity index (χ0v) is 12.3. The van der Waals surface area contributed by atoms with Crippen LogP contribution in [0.15, 0.2) is 17.0 Å². The van der Waals surface area contributed by atoms with E-state index < -0.39 is 26.6 Å². The van der Waals surface area contributed by atoms with Crippen molar-refractivity contribution in [2.24, 2.45) is 5.14 Å². The van der Waals surface area contributed by atoms with Gasteiger partial charge in [-0.3, -0.25) is 4.79 Å². The highest BCUT2D eigenvalue weighted by molar-refractivity contribution is 7.89. The van der Waals surface area contributed by atoms with E-state index in [1.165, 1.54) is 0 Å². The molecule has 2 rings (SSSR count). The molecule has 1 saturated heterocycles. The maximum absolute atomic E-state index is 13.6. The lowest BCUT2D eigenvalue weighted by atomic mass is 10.1. The van der Waals surface area contributed by atoms with E-state index >= 15 is 0 Å². The number of hydrogen-bond donors (Lipinski definition) is 1. The first-order valence-electron chi connectivity index (χ1n) is 6.04. The molecule has 1 aromatic carbocycles. The quantitative estimate of drug-likeness (QED) is 0.901. The minimum atomic E-state index is -4.25. The van der Waals surface area contributed by atoms with Gasteiger partial charge in [-0.1, -0.05) is 11.6 Å². The van der Waals surface area contributed by atoms with Crippen molar-refractivity contribution in [3.8, 4) is 0 Å². The molecule has 1 aliphatic rings. The number of rotatable bonds is 2. The van der Waals surface area contributed by atoms with Crippen LogP contribution in [0.1, 0.15) is 30.1 Å². The normalized spacial score (nSPS) is 19.4. The number of amides is 1. The molecule has 1 fully saturated rings. The number of primary sulfonamides is 1. The van der Waals surface area contributed by atoms with Gasteiger partial charge in [-0.25, -0.2) is 17.9 Å². The number of carbonyl (C=O) groups is 1. The average Bonchev–Trinajstić information content (AvgIpc) is 2.73. The lowest BCUT2D eigenvalue weighted by molar-refractivity contribution is 0.0747. The number of hydrogen-bond acceptors (Lipinski definition) is 3. The largest absolute Gasteiger partial charge is 0.336 e. The zero-order chi connectivity index (χ0) is 15.1. The lowest BCUT2D eigenvalue weighted by Gasteiger charge is -2.22. The van der Waals surface area contributed by atoms with E-state index in [4.69, 9.17) is 16.7 Å². The molecule has 8 heteroatoms. The predicted octanol–water partition coefficient (Wildman–Crippen LogP) is 1.75. The maximum atomic E-state index is 13.6. The lowest BCUT2D eigenvalue weighted by Crippen LogP contribution is -2.34. The Labute approximate surface area is 121 Å². The number of halogens is 2. The second kappa shape index (κ2) is 5.31. The molecule has 5 nitrogen and oxygen atoms in total. The molecule has 0 aromatic heterocycles. The van der Waals surface area contributed by atoms with Gasteiger partial charge in [-0.2, -0.15) is 0 Å². The van der Waals surface area contributed by atoms with E-state index in [0.717, 1.165) is 25.0 Å². The third-order valence-electron chi connectivity index (χ3n) is 3.37. The molecule has 1 amide bonds. The van der Waals surface area contributed by atoms with Gasteiger partial charge in [0.05, 0.1) is 10.6 Å². The second-order valence-electron chi connectivity index (χ2n) is 4.80. The zero-order valence-electron chi connectivity index (χ0n) is 10.8. The molecule has 0 bridgehead atoms. The van der Waals surface area contributed by atoms with Crippen LogP contribution in [0.5, 0.6) is 0 Å². The summed E-state index contributed by atoms with van der Waals surface area (Å²) in [5, 5.41) is 4.80. The first-order valence-corrected chi connectivity index (χ1v) is 7.97. The van der Waals surface area contributed by atoms with Crippen molar-refractivity contribution >= 4 is 27.5 Å². The first kappa shape index (κ1) is 15.2. The minimum absolute atomic E-state index is 0.0431. The van der Waals surface area contributed by atoms with Crippen molar-refractivity contribution in [3.63, 3.8) is 0 Å². The van der Waals surface area contributed by atoms with Crippen LogP contribution in [-0.4, -0.2) is 31.8 Å². The van der Waals surface area contributed by atoms with E-state index in [9.17, 15) is 17.6 Å². The topological polar surface area (TPSA) is 80.5 Å². The van der Waals surface area contributed by atoms with Gasteiger partial charge >= 0.3 is 0 Å². The van der Waals surface area contributed by atoms with Crippen LogP contribution < -0.4 is 5.14 Å². The SMILES string of the molecule is CC1CCCN1C(=O)c1cc(S(N)(=O)=O)c(F)cc1Cl. The van der Waals surface area contributed by atoms with Crippen molar-refractivity contribution in [2.75, 3.05) is 6.54 Å². The van der Waals surface area contributed by atoms with Crippen molar-refractivity contribution in [1.29, 1.82) is 0 Å². The van der Waals surface area contributed by atoms with Crippen LogP contribution >= 0.6 is 11.6 Å². The summed E-state index contributed by atoms with van der Waals surface area (Å²) < 4.78 is 36.2. The number of carbonyl (C=O) groups excluding carboxylic acids is 1. The summed E-state index contributed by atoms with van der Waals surface area (Å²) in [6, 6.07) is 1.75. The van der Waals surface area contributed by atoms with Gasteiger partial charge in [0.15, 0.2) is 0 Å². The molecule has 1 atom stereocenters. The molecule has 0 saturated carbocycles. The number of sulfonamides is 1. The van der Waals surface area contributed by atoms with E-state index in [0.29, 0.717) is 6.54 Å². The predicted molar refractivity (Wildman–Crippen MR) is 72.5 cm³/mol. The van der Waals surface area contributed by atoms with Crippen LogP contribution in [-0.2, 0) is 10.0 Å². The van der Waals surface area contributed by atoms with Crippen LogP contribution in [0, 0.1) is 5.82 Å². The van der Waals surface area contributed by atoms with Crippen molar-refractivity contribution in [2.45, 2.75) is 30.7 Å². The Kier molecular flexibility index (Phi) is 4.04. The summed E-state index contributed by atoms with van der Waals surface area (Å²) in [6.45, 7) is 2.46. The van der Waals surface area contributed by atoms with Gasteiger partial charge in [-0.15, -0.1) is 0 Å². The Morgan fingerprint density at radius 2 is 2.15 bits per heavy atom. The Bertz CT molecular complexity index is 663. The Morgan fingerprint density at radius 3 is 2.65 bits per heavy atom. The fourth-order valence-corrected chi connectivity index (χ4v) is 3.14. The molecule has 0 spiro atoms. The van der Waals surface area contributed by atoms with E-state index in [1.54, 1.807) is 4.90 Å².